The molecule has 0 aliphatic heterocycles. The first-order valence-corrected chi connectivity index (χ1v) is 7.70. The van der Waals surface area contributed by atoms with Crippen molar-refractivity contribution in [3.8, 4) is 0 Å². The zero-order chi connectivity index (χ0) is 17.3. The van der Waals surface area contributed by atoms with Crippen LogP contribution in [0.1, 0.15) is 26.3 Å². The molecule has 0 unspecified atom stereocenters. The van der Waals surface area contributed by atoms with Gasteiger partial charge in [0.25, 0.3) is 0 Å². The fourth-order valence-corrected chi connectivity index (χ4v) is 1.90. The molecule has 0 spiro atoms. The lowest BCUT2D eigenvalue weighted by molar-refractivity contribution is -0.00581. The van der Waals surface area contributed by atoms with E-state index in [2.05, 4.69) is 6.58 Å². The Balaban J connectivity index is 2.42. The largest absolute Gasteiger partial charge is 0.444 e. The maximum absolute atomic E-state index is 12.1. The lowest BCUT2D eigenvalue weighted by Gasteiger charge is -2.28. The molecular weight excluding hydrogens is 294 g/mol. The van der Waals surface area contributed by atoms with E-state index in [9.17, 15) is 9.90 Å². The Bertz CT molecular complexity index is 482. The van der Waals surface area contributed by atoms with Gasteiger partial charge < -0.3 is 19.5 Å². The Kier molecular flexibility index (Phi) is 7.78. The van der Waals surface area contributed by atoms with Gasteiger partial charge in [-0.15, -0.1) is 6.58 Å². The lowest BCUT2D eigenvalue weighted by atomic mass is 10.2. The summed E-state index contributed by atoms with van der Waals surface area (Å²) in [5.41, 5.74) is 0.459. The van der Waals surface area contributed by atoms with E-state index < -0.39 is 17.8 Å². The van der Waals surface area contributed by atoms with Gasteiger partial charge in [-0.1, -0.05) is 36.4 Å². The predicted molar refractivity (Wildman–Crippen MR) is 90.1 cm³/mol. The highest BCUT2D eigenvalue weighted by molar-refractivity contribution is 5.68. The Morgan fingerprint density at radius 3 is 2.57 bits per heavy atom. The van der Waals surface area contributed by atoms with E-state index in [4.69, 9.17) is 9.47 Å². The summed E-state index contributed by atoms with van der Waals surface area (Å²) in [7, 11) is 0. The minimum Gasteiger partial charge on any atom is -0.444 e. The van der Waals surface area contributed by atoms with Crippen molar-refractivity contribution in [3.63, 3.8) is 0 Å². The number of benzene rings is 1. The van der Waals surface area contributed by atoms with Crippen LogP contribution in [0.5, 0.6) is 0 Å². The molecule has 0 aliphatic rings. The zero-order valence-electron chi connectivity index (χ0n) is 14.2. The van der Waals surface area contributed by atoms with Crippen LogP contribution in [0.4, 0.5) is 4.79 Å². The highest BCUT2D eigenvalue weighted by atomic mass is 16.6. The van der Waals surface area contributed by atoms with Gasteiger partial charge in [0.1, 0.15) is 5.60 Å². The van der Waals surface area contributed by atoms with Gasteiger partial charge in [0.05, 0.1) is 25.9 Å². The Labute approximate surface area is 138 Å². The topological polar surface area (TPSA) is 59.0 Å². The van der Waals surface area contributed by atoms with Crippen LogP contribution < -0.4 is 0 Å². The summed E-state index contributed by atoms with van der Waals surface area (Å²) < 4.78 is 10.8. The molecule has 23 heavy (non-hydrogen) atoms. The summed E-state index contributed by atoms with van der Waals surface area (Å²) in [5, 5.41) is 10.1. The predicted octanol–water partition coefficient (Wildman–Crippen LogP) is 2.99. The van der Waals surface area contributed by atoms with Crippen LogP contribution in [0, 0.1) is 0 Å². The van der Waals surface area contributed by atoms with Crippen molar-refractivity contribution in [3.05, 3.63) is 48.6 Å². The van der Waals surface area contributed by atoms with Crippen molar-refractivity contribution in [1.29, 1.82) is 0 Å². The number of ether oxygens (including phenoxy) is 2. The number of carbonyl (C=O) groups excluding carboxylic acids is 1. The van der Waals surface area contributed by atoms with E-state index >= 15 is 0 Å². The number of hydrogen-bond donors (Lipinski definition) is 1. The van der Waals surface area contributed by atoms with Gasteiger partial charge in [0.15, 0.2) is 0 Å². The molecule has 1 aromatic rings. The average Bonchev–Trinajstić information content (AvgIpc) is 2.46. The van der Waals surface area contributed by atoms with Crippen LogP contribution in [0.15, 0.2) is 43.0 Å². The molecule has 128 valence electrons. The zero-order valence-corrected chi connectivity index (χ0v) is 14.2. The summed E-state index contributed by atoms with van der Waals surface area (Å²) in [4.78, 5) is 13.5. The molecule has 5 heteroatoms. The first kappa shape index (κ1) is 19.2. The van der Waals surface area contributed by atoms with Gasteiger partial charge in [-0.25, -0.2) is 4.79 Å². The van der Waals surface area contributed by atoms with Gasteiger partial charge in [-0.3, -0.25) is 0 Å². The van der Waals surface area contributed by atoms with E-state index in [0.29, 0.717) is 13.2 Å². The highest BCUT2D eigenvalue weighted by Crippen LogP contribution is 2.10. The molecule has 0 saturated heterocycles. The van der Waals surface area contributed by atoms with E-state index in [0.717, 1.165) is 5.56 Å². The van der Waals surface area contributed by atoms with Crippen molar-refractivity contribution in [2.75, 3.05) is 19.7 Å². The van der Waals surface area contributed by atoms with Gasteiger partial charge in [0, 0.05) is 6.54 Å². The van der Waals surface area contributed by atoms with Gasteiger partial charge in [-0.2, -0.15) is 0 Å². The monoisotopic (exact) mass is 321 g/mol. The molecule has 1 atom stereocenters. The second kappa shape index (κ2) is 9.33. The van der Waals surface area contributed by atoms with Crippen LogP contribution in [0.25, 0.3) is 0 Å². The maximum atomic E-state index is 12.1. The highest BCUT2D eigenvalue weighted by Gasteiger charge is 2.23. The number of carbonyl (C=O) groups is 1. The van der Waals surface area contributed by atoms with Crippen molar-refractivity contribution in [2.24, 2.45) is 0 Å². The third-order valence-corrected chi connectivity index (χ3v) is 2.85. The number of nitrogens with zero attached hydrogens (tertiary/aromatic N) is 1. The molecule has 1 rings (SSSR count). The first-order chi connectivity index (χ1) is 10.8. The molecule has 0 aliphatic carbocycles. The molecule has 1 aromatic carbocycles. The van der Waals surface area contributed by atoms with E-state index in [1.165, 1.54) is 4.90 Å². The van der Waals surface area contributed by atoms with E-state index in [-0.39, 0.29) is 13.2 Å². The summed E-state index contributed by atoms with van der Waals surface area (Å²) in [6, 6.07) is 9.72. The van der Waals surface area contributed by atoms with Crippen molar-refractivity contribution >= 4 is 6.09 Å². The molecule has 0 radical (unpaired) electrons. The summed E-state index contributed by atoms with van der Waals surface area (Å²) in [6.07, 6.45) is 0.340. The van der Waals surface area contributed by atoms with Crippen LogP contribution in [0.3, 0.4) is 0 Å². The second-order valence-electron chi connectivity index (χ2n) is 6.33. The standard InChI is InChI=1S/C18H27NO4/c1-5-11-19(17(21)23-18(2,3)4)12-16(20)14-22-13-15-9-7-6-8-10-15/h5-10,16,20H,1,11-14H2,2-4H3/t16-/m0/s1. The second-order valence-corrected chi connectivity index (χ2v) is 6.33. The fraction of sp³-hybridized carbons (Fsp3) is 0.500. The van der Waals surface area contributed by atoms with E-state index in [1.54, 1.807) is 26.8 Å². The number of amides is 1. The van der Waals surface area contributed by atoms with Crippen molar-refractivity contribution < 1.29 is 19.4 Å². The van der Waals surface area contributed by atoms with Crippen LogP contribution in [-0.2, 0) is 16.1 Å². The minimum absolute atomic E-state index is 0.135. The summed E-state index contributed by atoms with van der Waals surface area (Å²) in [6.45, 7) is 10.0. The Morgan fingerprint density at radius 1 is 1.35 bits per heavy atom. The third kappa shape index (κ3) is 8.38. The molecule has 1 amide bonds. The van der Waals surface area contributed by atoms with Gasteiger partial charge >= 0.3 is 6.09 Å². The summed E-state index contributed by atoms with van der Waals surface area (Å²) >= 11 is 0. The van der Waals surface area contributed by atoms with Crippen molar-refractivity contribution in [2.45, 2.75) is 39.1 Å². The Morgan fingerprint density at radius 2 is 2.00 bits per heavy atom. The number of aliphatic hydroxyl groups excluding tert-OH is 1. The number of aliphatic hydroxyl groups is 1. The fourth-order valence-electron chi connectivity index (χ4n) is 1.90. The first-order valence-electron chi connectivity index (χ1n) is 7.70. The third-order valence-electron chi connectivity index (χ3n) is 2.85. The molecule has 5 nitrogen and oxygen atoms in total. The van der Waals surface area contributed by atoms with Crippen LogP contribution >= 0.6 is 0 Å². The average molecular weight is 321 g/mol. The SMILES string of the molecule is C=CCN(C[C@H](O)COCc1ccccc1)C(=O)OC(C)(C)C. The van der Waals surface area contributed by atoms with E-state index in [1.807, 2.05) is 30.3 Å². The number of hydrogen-bond acceptors (Lipinski definition) is 4. The lowest BCUT2D eigenvalue weighted by Crippen LogP contribution is -2.42. The molecule has 0 heterocycles. The number of rotatable bonds is 8. The molecule has 0 bridgehead atoms. The normalized spacial score (nSPS) is 12.5. The smallest absolute Gasteiger partial charge is 0.410 e. The maximum Gasteiger partial charge on any atom is 0.410 e. The van der Waals surface area contributed by atoms with Crippen LogP contribution in [-0.4, -0.2) is 47.5 Å². The quantitative estimate of drug-likeness (QED) is 0.748. The van der Waals surface area contributed by atoms with Gasteiger partial charge in [-0.05, 0) is 26.3 Å². The van der Waals surface area contributed by atoms with Gasteiger partial charge in [0.2, 0.25) is 0 Å². The Hall–Kier alpha value is -1.85. The molecule has 0 aromatic heterocycles. The van der Waals surface area contributed by atoms with Crippen molar-refractivity contribution in [1.82, 2.24) is 4.90 Å². The minimum atomic E-state index is -0.786. The molecule has 0 fully saturated rings. The van der Waals surface area contributed by atoms with Crippen LogP contribution in [0.2, 0.25) is 0 Å². The molecular formula is C18H27NO4. The summed E-state index contributed by atoms with van der Waals surface area (Å²) in [5.74, 6) is 0. The molecule has 1 N–H and O–H groups in total. The molecule has 0 saturated carbocycles.